The van der Waals surface area contributed by atoms with Gasteiger partial charge in [-0.05, 0) is 55.3 Å². The molecule has 0 aliphatic carbocycles. The van der Waals surface area contributed by atoms with Crippen LogP contribution in [0.2, 0.25) is 0 Å². The highest BCUT2D eigenvalue weighted by atomic mass is 19.1. The molecule has 2 unspecified atom stereocenters. The van der Waals surface area contributed by atoms with Crippen molar-refractivity contribution >= 4 is 11.8 Å². The number of piperidine rings is 1. The predicted octanol–water partition coefficient (Wildman–Crippen LogP) is 4.38. The molecule has 3 aromatic rings. The number of pyridine rings is 1. The highest BCUT2D eigenvalue weighted by Crippen LogP contribution is 2.36. The van der Waals surface area contributed by atoms with E-state index in [0.717, 1.165) is 36.9 Å². The number of nitriles is 1. The summed E-state index contributed by atoms with van der Waals surface area (Å²) < 4.78 is 30.6. The van der Waals surface area contributed by atoms with Crippen LogP contribution in [0.4, 0.5) is 16.2 Å². The molecule has 2 fully saturated rings. The first-order chi connectivity index (χ1) is 18.7. The second-order valence-corrected chi connectivity index (χ2v) is 9.45. The molecule has 4 heterocycles. The van der Waals surface area contributed by atoms with Crippen LogP contribution in [0.25, 0.3) is 11.3 Å². The lowest BCUT2D eigenvalue weighted by molar-refractivity contribution is 0.0254. The van der Waals surface area contributed by atoms with E-state index in [1.165, 1.54) is 0 Å². The molecule has 0 saturated carbocycles. The minimum Gasteiger partial charge on any atom is -0.489 e. The van der Waals surface area contributed by atoms with Crippen LogP contribution < -0.4 is 20.1 Å². The van der Waals surface area contributed by atoms with Gasteiger partial charge in [0.05, 0.1) is 38.3 Å². The van der Waals surface area contributed by atoms with Crippen molar-refractivity contribution in [1.29, 1.82) is 5.26 Å². The lowest BCUT2D eigenvalue weighted by Gasteiger charge is -2.31. The van der Waals surface area contributed by atoms with E-state index < -0.39 is 6.67 Å². The largest absolute Gasteiger partial charge is 0.489 e. The van der Waals surface area contributed by atoms with Gasteiger partial charge in [-0.15, -0.1) is 0 Å². The molecule has 2 atom stereocenters. The molecule has 0 radical (unpaired) electrons. The summed E-state index contributed by atoms with van der Waals surface area (Å²) in [6.45, 7) is 2.42. The van der Waals surface area contributed by atoms with Crippen LogP contribution in [0.1, 0.15) is 36.3 Å². The summed E-state index contributed by atoms with van der Waals surface area (Å²) in [5.41, 5.74) is 2.79. The summed E-state index contributed by atoms with van der Waals surface area (Å²) in [6, 6.07) is 13.3. The van der Waals surface area contributed by atoms with E-state index in [2.05, 4.69) is 31.7 Å². The Morgan fingerprint density at radius 2 is 2.03 bits per heavy atom. The van der Waals surface area contributed by atoms with Gasteiger partial charge in [0.1, 0.15) is 23.7 Å². The summed E-state index contributed by atoms with van der Waals surface area (Å²) in [5.74, 6) is 1.85. The quantitative estimate of drug-likeness (QED) is 0.448. The zero-order chi connectivity index (χ0) is 26.3. The molecule has 2 aliphatic heterocycles. The number of ether oxygens (including phenoxy) is 3. The number of hydrogen-bond acceptors (Lipinski definition) is 9. The van der Waals surface area contributed by atoms with E-state index in [-0.39, 0.29) is 17.9 Å². The number of nitrogens with one attached hydrogen (secondary N) is 2. The summed E-state index contributed by atoms with van der Waals surface area (Å²) >= 11 is 0. The number of benzene rings is 1. The lowest BCUT2D eigenvalue weighted by Crippen LogP contribution is -2.36. The van der Waals surface area contributed by atoms with Gasteiger partial charge in [0, 0.05) is 42.6 Å². The maximum atomic E-state index is 13.6. The first-order valence-electron chi connectivity index (χ1n) is 12.9. The average Bonchev–Trinajstić information content (AvgIpc) is 2.98. The molecule has 38 heavy (non-hydrogen) atoms. The van der Waals surface area contributed by atoms with Crippen LogP contribution in [0, 0.1) is 17.2 Å². The maximum Gasteiger partial charge on any atom is 0.228 e. The SMILES string of the molecule is COc1nc(Nc2nccc(-c3ccc(OC4CCOCC4)c(C#N)c3)n2)ccc1C1CCNCC1CF. The van der Waals surface area contributed by atoms with Crippen molar-refractivity contribution in [1.82, 2.24) is 20.3 Å². The minimum absolute atomic E-state index is 0.0463. The molecule has 0 spiro atoms. The van der Waals surface area contributed by atoms with Crippen LogP contribution in [-0.4, -0.2) is 61.1 Å². The molecular weight excluding hydrogens is 487 g/mol. The van der Waals surface area contributed by atoms with Gasteiger partial charge in [-0.1, -0.05) is 0 Å². The molecule has 5 rings (SSSR count). The molecule has 198 valence electrons. The highest BCUT2D eigenvalue weighted by molar-refractivity contribution is 5.65. The normalized spacial score (nSPS) is 19.9. The van der Waals surface area contributed by atoms with Crippen molar-refractivity contribution in [2.45, 2.75) is 31.3 Å². The van der Waals surface area contributed by atoms with Crippen LogP contribution in [0.5, 0.6) is 11.6 Å². The van der Waals surface area contributed by atoms with Gasteiger partial charge in [-0.3, -0.25) is 4.39 Å². The van der Waals surface area contributed by atoms with Crippen molar-refractivity contribution in [2.24, 2.45) is 5.92 Å². The topological polar surface area (TPSA) is 114 Å². The molecule has 10 heteroatoms. The second kappa shape index (κ2) is 12.2. The summed E-state index contributed by atoms with van der Waals surface area (Å²) in [5, 5.41) is 16.1. The van der Waals surface area contributed by atoms with Gasteiger partial charge < -0.3 is 24.8 Å². The molecule has 2 saturated heterocycles. The van der Waals surface area contributed by atoms with Crippen LogP contribution in [0.3, 0.4) is 0 Å². The number of nitrogens with zero attached hydrogens (tertiary/aromatic N) is 4. The molecule has 0 amide bonds. The van der Waals surface area contributed by atoms with E-state index in [1.807, 2.05) is 24.3 Å². The Kier molecular flexibility index (Phi) is 8.26. The van der Waals surface area contributed by atoms with Crippen molar-refractivity contribution < 1.29 is 18.6 Å². The highest BCUT2D eigenvalue weighted by Gasteiger charge is 2.29. The van der Waals surface area contributed by atoms with Gasteiger partial charge in [-0.25, -0.2) is 9.97 Å². The number of anilines is 2. The summed E-state index contributed by atoms with van der Waals surface area (Å²) in [4.78, 5) is 13.6. The number of halogens is 1. The third-order valence-corrected chi connectivity index (χ3v) is 7.04. The summed E-state index contributed by atoms with van der Waals surface area (Å²) in [6.07, 6.45) is 4.14. The molecule has 0 bridgehead atoms. The second-order valence-electron chi connectivity index (χ2n) is 9.45. The molecule has 9 nitrogen and oxygen atoms in total. The van der Waals surface area contributed by atoms with Gasteiger partial charge in [-0.2, -0.15) is 10.2 Å². The van der Waals surface area contributed by atoms with E-state index >= 15 is 0 Å². The van der Waals surface area contributed by atoms with Gasteiger partial charge in [0.2, 0.25) is 11.8 Å². The average molecular weight is 519 g/mol. The minimum atomic E-state index is -0.391. The molecular formula is C28H31FN6O3. The Balaban J connectivity index is 1.33. The Labute approximate surface area is 221 Å². The fourth-order valence-corrected chi connectivity index (χ4v) is 5.01. The van der Waals surface area contributed by atoms with Crippen molar-refractivity contribution in [3.63, 3.8) is 0 Å². The molecule has 2 N–H and O–H groups in total. The number of alkyl halides is 1. The number of aromatic nitrogens is 3. The molecule has 1 aromatic carbocycles. The zero-order valence-corrected chi connectivity index (χ0v) is 21.3. The smallest absolute Gasteiger partial charge is 0.228 e. The Morgan fingerprint density at radius 1 is 1.16 bits per heavy atom. The van der Waals surface area contributed by atoms with Gasteiger partial charge >= 0.3 is 0 Å². The number of rotatable bonds is 8. The standard InChI is InChI=1S/C28H31FN6O3/c1-36-27-23(22-6-10-31-17-20(22)15-29)3-5-26(34-27)35-28-32-11-7-24(33-28)18-2-4-25(19(14-18)16-30)38-21-8-12-37-13-9-21/h2-5,7,11,14,20-22,31H,6,8-10,12-13,15,17H2,1H3,(H,32,33,34,35). The zero-order valence-electron chi connectivity index (χ0n) is 21.3. The maximum absolute atomic E-state index is 13.6. The van der Waals surface area contributed by atoms with Gasteiger partial charge in [0.25, 0.3) is 0 Å². The lowest BCUT2D eigenvalue weighted by atomic mass is 9.82. The van der Waals surface area contributed by atoms with E-state index in [1.54, 1.807) is 25.4 Å². The monoisotopic (exact) mass is 518 g/mol. The molecule has 2 aromatic heterocycles. The van der Waals surface area contributed by atoms with Crippen LogP contribution in [0.15, 0.2) is 42.6 Å². The first kappa shape index (κ1) is 25.8. The Hall–Kier alpha value is -3.81. The van der Waals surface area contributed by atoms with E-state index in [0.29, 0.717) is 54.4 Å². The number of methoxy groups -OCH3 is 1. The number of hydrogen-bond donors (Lipinski definition) is 2. The van der Waals surface area contributed by atoms with Crippen LogP contribution in [-0.2, 0) is 4.74 Å². The van der Waals surface area contributed by atoms with E-state index in [9.17, 15) is 9.65 Å². The van der Waals surface area contributed by atoms with Crippen molar-refractivity contribution in [3.05, 3.63) is 53.7 Å². The fraction of sp³-hybridized carbons (Fsp3) is 0.429. The van der Waals surface area contributed by atoms with Crippen molar-refractivity contribution in [3.8, 4) is 29.0 Å². The first-order valence-corrected chi connectivity index (χ1v) is 12.9. The van der Waals surface area contributed by atoms with E-state index in [4.69, 9.17) is 14.2 Å². The predicted molar refractivity (Wildman–Crippen MR) is 140 cm³/mol. The van der Waals surface area contributed by atoms with Crippen LogP contribution >= 0.6 is 0 Å². The Morgan fingerprint density at radius 3 is 2.82 bits per heavy atom. The third-order valence-electron chi connectivity index (χ3n) is 7.04. The third kappa shape index (κ3) is 5.85. The summed E-state index contributed by atoms with van der Waals surface area (Å²) in [7, 11) is 1.57. The van der Waals surface area contributed by atoms with Crippen molar-refractivity contribution in [2.75, 3.05) is 45.4 Å². The fourth-order valence-electron chi connectivity index (χ4n) is 5.01. The van der Waals surface area contributed by atoms with Gasteiger partial charge in [0.15, 0.2) is 0 Å². The Bertz CT molecular complexity index is 1290. The molecule has 2 aliphatic rings.